The Kier molecular flexibility index (Phi) is 7.88. The molecule has 1 aromatic heterocycles. The SMILES string of the molecule is CCN(CC)C(=O)C1=C(C)N=c2s/c(=C/c3c(OCC#N)ccc4ccccc34)c(=O)n2[C@@H]1c1ccc(Cl)cc1. The molecule has 0 N–H and O–H groups in total. The number of carbonyl (C=O) groups is 1. The molecule has 5 rings (SSSR count). The molecule has 0 spiro atoms. The first-order valence-electron chi connectivity index (χ1n) is 13.0. The van der Waals surface area contributed by atoms with E-state index in [2.05, 4.69) is 0 Å². The number of hydrogen-bond donors (Lipinski definition) is 0. The zero-order valence-corrected chi connectivity index (χ0v) is 23.9. The van der Waals surface area contributed by atoms with Crippen LogP contribution in [0.3, 0.4) is 0 Å². The summed E-state index contributed by atoms with van der Waals surface area (Å²) in [6.45, 7) is 6.63. The van der Waals surface area contributed by atoms with E-state index in [9.17, 15) is 9.59 Å². The molecule has 4 aromatic rings. The summed E-state index contributed by atoms with van der Waals surface area (Å²) in [4.78, 5) is 34.9. The number of halogens is 1. The van der Waals surface area contributed by atoms with E-state index in [4.69, 9.17) is 26.6 Å². The average molecular weight is 571 g/mol. The second kappa shape index (κ2) is 11.5. The first kappa shape index (κ1) is 27.4. The van der Waals surface area contributed by atoms with E-state index in [0.717, 1.165) is 16.3 Å². The van der Waals surface area contributed by atoms with Crippen LogP contribution in [0.1, 0.15) is 37.9 Å². The number of amides is 1. The molecule has 2 heterocycles. The number of thiazole rings is 1. The van der Waals surface area contributed by atoms with Gasteiger partial charge in [0.2, 0.25) is 0 Å². The number of benzene rings is 3. The molecule has 1 aliphatic heterocycles. The zero-order valence-electron chi connectivity index (χ0n) is 22.3. The van der Waals surface area contributed by atoms with Gasteiger partial charge in [0, 0.05) is 23.7 Å². The smallest absolute Gasteiger partial charge is 0.271 e. The Morgan fingerprint density at radius 2 is 1.88 bits per heavy atom. The Morgan fingerprint density at radius 1 is 1.15 bits per heavy atom. The van der Waals surface area contributed by atoms with Crippen LogP contribution in [0.5, 0.6) is 5.75 Å². The van der Waals surface area contributed by atoms with Crippen LogP contribution in [-0.2, 0) is 4.79 Å². The highest BCUT2D eigenvalue weighted by atomic mass is 35.5. The Labute approximate surface area is 240 Å². The van der Waals surface area contributed by atoms with Crippen molar-refractivity contribution >= 4 is 45.7 Å². The van der Waals surface area contributed by atoms with E-state index in [1.807, 2.05) is 75.4 Å². The highest BCUT2D eigenvalue weighted by Crippen LogP contribution is 2.32. The van der Waals surface area contributed by atoms with Gasteiger partial charge < -0.3 is 9.64 Å². The van der Waals surface area contributed by atoms with E-state index in [-0.39, 0.29) is 18.1 Å². The lowest BCUT2D eigenvalue weighted by atomic mass is 9.94. The van der Waals surface area contributed by atoms with Crippen molar-refractivity contribution in [3.63, 3.8) is 0 Å². The number of nitrogens with zero attached hydrogens (tertiary/aromatic N) is 4. The lowest BCUT2D eigenvalue weighted by molar-refractivity contribution is -0.127. The Morgan fingerprint density at radius 3 is 2.58 bits per heavy atom. The maximum Gasteiger partial charge on any atom is 0.271 e. The van der Waals surface area contributed by atoms with E-state index in [0.29, 0.717) is 50.0 Å². The van der Waals surface area contributed by atoms with Crippen molar-refractivity contribution in [2.45, 2.75) is 26.8 Å². The lowest BCUT2D eigenvalue weighted by Crippen LogP contribution is -2.43. The third-order valence-corrected chi connectivity index (χ3v) is 8.22. The summed E-state index contributed by atoms with van der Waals surface area (Å²) in [5.41, 5.74) is 2.25. The molecule has 1 amide bonds. The summed E-state index contributed by atoms with van der Waals surface area (Å²) in [6.07, 6.45) is 1.79. The molecule has 0 fully saturated rings. The second-order valence-corrected chi connectivity index (χ2v) is 10.7. The van der Waals surface area contributed by atoms with Crippen molar-refractivity contribution in [3.8, 4) is 11.8 Å². The number of fused-ring (bicyclic) bond motifs is 2. The fourth-order valence-electron chi connectivity index (χ4n) is 5.03. The average Bonchev–Trinajstić information content (AvgIpc) is 3.26. The third-order valence-electron chi connectivity index (χ3n) is 6.99. The normalized spacial score (nSPS) is 15.0. The highest BCUT2D eigenvalue weighted by molar-refractivity contribution is 7.07. The minimum atomic E-state index is -0.661. The molecule has 0 aliphatic carbocycles. The largest absolute Gasteiger partial charge is 0.478 e. The van der Waals surface area contributed by atoms with E-state index >= 15 is 0 Å². The maximum absolute atomic E-state index is 14.1. The molecule has 0 radical (unpaired) electrons. The van der Waals surface area contributed by atoms with Crippen LogP contribution in [0, 0.1) is 11.3 Å². The van der Waals surface area contributed by atoms with Crippen LogP contribution in [-0.4, -0.2) is 35.1 Å². The molecule has 1 atom stereocenters. The van der Waals surface area contributed by atoms with Gasteiger partial charge in [-0.1, -0.05) is 65.4 Å². The van der Waals surface area contributed by atoms with Gasteiger partial charge >= 0.3 is 0 Å². The van der Waals surface area contributed by atoms with Gasteiger partial charge in [-0.05, 0) is 61.4 Å². The number of likely N-dealkylation sites (N-methyl/N-ethyl adjacent to an activating group) is 1. The van der Waals surface area contributed by atoms with Crippen molar-refractivity contribution < 1.29 is 9.53 Å². The predicted octanol–water partition coefficient (Wildman–Crippen LogP) is 4.81. The summed E-state index contributed by atoms with van der Waals surface area (Å²) in [6, 6.07) is 20.1. The summed E-state index contributed by atoms with van der Waals surface area (Å²) >= 11 is 7.45. The van der Waals surface area contributed by atoms with Crippen LogP contribution >= 0.6 is 22.9 Å². The van der Waals surface area contributed by atoms with Crippen LogP contribution in [0.2, 0.25) is 5.02 Å². The van der Waals surface area contributed by atoms with Crippen molar-refractivity contribution in [2.24, 2.45) is 4.99 Å². The maximum atomic E-state index is 14.1. The zero-order chi connectivity index (χ0) is 28.4. The number of carbonyl (C=O) groups excluding carboxylic acids is 1. The minimum Gasteiger partial charge on any atom is -0.478 e. The van der Waals surface area contributed by atoms with Crippen molar-refractivity contribution in [2.75, 3.05) is 19.7 Å². The number of nitriles is 1. The van der Waals surface area contributed by atoms with Gasteiger partial charge in [0.15, 0.2) is 11.4 Å². The number of hydrogen-bond acceptors (Lipinski definition) is 6. The number of ether oxygens (including phenoxy) is 1. The van der Waals surface area contributed by atoms with Crippen LogP contribution in [0.25, 0.3) is 16.8 Å². The van der Waals surface area contributed by atoms with E-state index in [1.165, 1.54) is 11.3 Å². The molecule has 0 bridgehead atoms. The fraction of sp³-hybridized carbons (Fsp3) is 0.226. The summed E-state index contributed by atoms with van der Waals surface area (Å²) < 4.78 is 7.78. The summed E-state index contributed by atoms with van der Waals surface area (Å²) in [5, 5.41) is 11.5. The van der Waals surface area contributed by atoms with E-state index in [1.54, 1.807) is 27.7 Å². The monoisotopic (exact) mass is 570 g/mol. The third kappa shape index (κ3) is 4.94. The molecule has 0 saturated carbocycles. The van der Waals surface area contributed by atoms with Gasteiger partial charge in [-0.15, -0.1) is 0 Å². The lowest BCUT2D eigenvalue weighted by Gasteiger charge is -2.29. The first-order valence-corrected chi connectivity index (χ1v) is 14.2. The fourth-order valence-corrected chi connectivity index (χ4v) is 6.18. The molecule has 3 aromatic carbocycles. The quantitative estimate of drug-likeness (QED) is 0.319. The Bertz CT molecular complexity index is 1860. The summed E-state index contributed by atoms with van der Waals surface area (Å²) in [5.74, 6) is 0.357. The molecule has 0 unspecified atom stereocenters. The number of aromatic nitrogens is 1. The summed E-state index contributed by atoms with van der Waals surface area (Å²) in [7, 11) is 0. The molecular weight excluding hydrogens is 544 g/mol. The van der Waals surface area contributed by atoms with Gasteiger partial charge in [0.05, 0.1) is 21.8 Å². The topological polar surface area (TPSA) is 87.7 Å². The molecule has 1 aliphatic rings. The van der Waals surface area contributed by atoms with Crippen molar-refractivity contribution in [3.05, 3.63) is 108 Å². The molecular formula is C31H27ClN4O3S. The molecule has 202 valence electrons. The molecule has 0 saturated heterocycles. The minimum absolute atomic E-state index is 0.118. The first-order chi connectivity index (χ1) is 19.4. The van der Waals surface area contributed by atoms with Gasteiger partial charge in [0.25, 0.3) is 11.5 Å². The number of rotatable bonds is 7. The van der Waals surface area contributed by atoms with Gasteiger partial charge in [-0.3, -0.25) is 14.2 Å². The highest BCUT2D eigenvalue weighted by Gasteiger charge is 2.34. The Balaban J connectivity index is 1.77. The Hall–Kier alpha value is -4.19. The number of allylic oxidation sites excluding steroid dienone is 1. The molecule has 9 heteroatoms. The molecule has 7 nitrogen and oxygen atoms in total. The van der Waals surface area contributed by atoms with Gasteiger partial charge in [-0.25, -0.2) is 4.99 Å². The van der Waals surface area contributed by atoms with Crippen LogP contribution in [0.15, 0.2) is 81.7 Å². The second-order valence-electron chi connectivity index (χ2n) is 9.26. The predicted molar refractivity (Wildman–Crippen MR) is 158 cm³/mol. The van der Waals surface area contributed by atoms with Gasteiger partial charge in [0.1, 0.15) is 11.8 Å². The van der Waals surface area contributed by atoms with E-state index < -0.39 is 6.04 Å². The van der Waals surface area contributed by atoms with Crippen LogP contribution < -0.4 is 19.6 Å². The standard InChI is InChI=1S/C31H27ClN4O3S/c1-4-35(5-2)30(38)27-19(3)34-31-36(28(27)21-10-13-22(32)14-11-21)29(37)26(40-31)18-24-23-9-7-6-8-20(23)12-15-25(24)39-17-16-33/h6-15,18,28H,4-5,17H2,1-3H3/b26-18+/t28-/m1/s1. The van der Waals surface area contributed by atoms with Crippen molar-refractivity contribution in [1.29, 1.82) is 5.26 Å². The van der Waals surface area contributed by atoms with Gasteiger partial charge in [-0.2, -0.15) is 5.26 Å². The van der Waals surface area contributed by atoms with Crippen molar-refractivity contribution in [1.82, 2.24) is 9.47 Å². The van der Waals surface area contributed by atoms with Crippen LogP contribution in [0.4, 0.5) is 0 Å². The molecule has 40 heavy (non-hydrogen) atoms.